The van der Waals surface area contributed by atoms with Crippen molar-refractivity contribution in [3.05, 3.63) is 59.1 Å². The van der Waals surface area contributed by atoms with Crippen LogP contribution in [0.25, 0.3) is 11.0 Å². The Morgan fingerprint density at radius 3 is 2.58 bits per heavy atom. The summed E-state index contributed by atoms with van der Waals surface area (Å²) in [7, 11) is 0. The number of morpholine rings is 1. The van der Waals surface area contributed by atoms with Crippen molar-refractivity contribution in [3.8, 4) is 0 Å². The first kappa shape index (κ1) is 16.7. The van der Waals surface area contributed by atoms with E-state index in [1.165, 1.54) is 0 Å². The van der Waals surface area contributed by atoms with Gasteiger partial charge >= 0.3 is 0 Å². The number of hydrogen-bond donors (Lipinski definition) is 0. The van der Waals surface area contributed by atoms with Gasteiger partial charge in [-0.05, 0) is 36.4 Å². The number of nitrogens with zero attached hydrogens (tertiary/aromatic N) is 5. The van der Waals surface area contributed by atoms with Gasteiger partial charge in [0.25, 0.3) is 5.91 Å². The number of aliphatic imine (C=N–C) groups is 1. The van der Waals surface area contributed by atoms with Crippen molar-refractivity contribution >= 4 is 34.5 Å². The number of hydrogen-bond acceptors (Lipinski definition) is 4. The van der Waals surface area contributed by atoms with Crippen molar-refractivity contribution in [2.24, 2.45) is 4.99 Å². The summed E-state index contributed by atoms with van der Waals surface area (Å²) in [5, 5.41) is 8.95. The van der Waals surface area contributed by atoms with Gasteiger partial charge in [0.05, 0.1) is 18.7 Å². The van der Waals surface area contributed by atoms with Gasteiger partial charge in [-0.3, -0.25) is 4.79 Å². The second-order valence-corrected chi connectivity index (χ2v) is 6.25. The van der Waals surface area contributed by atoms with E-state index < -0.39 is 0 Å². The Kier molecular flexibility index (Phi) is 4.64. The summed E-state index contributed by atoms with van der Waals surface area (Å²) in [5.74, 6) is 0.0877. The molecule has 8 heteroatoms. The number of ether oxygens (including phenoxy) is 1. The molecule has 1 amide bonds. The topological polar surface area (TPSA) is 72.6 Å². The Morgan fingerprint density at radius 1 is 1.08 bits per heavy atom. The molecule has 0 aliphatic carbocycles. The second-order valence-electron chi connectivity index (χ2n) is 5.81. The van der Waals surface area contributed by atoms with Crippen LogP contribution in [0, 0.1) is 0 Å². The van der Waals surface area contributed by atoms with E-state index in [9.17, 15) is 4.79 Å². The highest BCUT2D eigenvalue weighted by Gasteiger charge is 2.21. The molecule has 1 fully saturated rings. The van der Waals surface area contributed by atoms with Gasteiger partial charge in [0, 0.05) is 23.7 Å². The van der Waals surface area contributed by atoms with Crippen LogP contribution in [0.15, 0.2) is 53.5 Å². The maximum Gasteiger partial charge on any atom is 0.280 e. The number of carbonyl (C=O) groups is 1. The summed E-state index contributed by atoms with van der Waals surface area (Å²) in [5.41, 5.74) is 2.00. The van der Waals surface area contributed by atoms with Gasteiger partial charge in [0.2, 0.25) is 5.96 Å². The van der Waals surface area contributed by atoms with E-state index in [4.69, 9.17) is 16.3 Å². The first-order chi connectivity index (χ1) is 12.7. The van der Waals surface area contributed by atoms with Crippen LogP contribution >= 0.6 is 11.6 Å². The second kappa shape index (κ2) is 7.23. The largest absolute Gasteiger partial charge is 0.378 e. The number of amides is 1. The molecule has 4 rings (SSSR count). The van der Waals surface area contributed by atoms with E-state index in [1.54, 1.807) is 28.9 Å². The Hall–Kier alpha value is -2.77. The van der Waals surface area contributed by atoms with Crippen LogP contribution < -0.4 is 0 Å². The third kappa shape index (κ3) is 3.31. The fourth-order valence-electron chi connectivity index (χ4n) is 2.78. The monoisotopic (exact) mass is 369 g/mol. The van der Waals surface area contributed by atoms with E-state index in [0.717, 1.165) is 11.0 Å². The molecular formula is C18H16ClN5O2. The highest BCUT2D eigenvalue weighted by molar-refractivity contribution is 6.30. The molecule has 2 aromatic carbocycles. The van der Waals surface area contributed by atoms with Crippen molar-refractivity contribution in [2.45, 2.75) is 0 Å². The molecule has 0 unspecified atom stereocenters. The quantitative estimate of drug-likeness (QED) is 0.486. The van der Waals surface area contributed by atoms with Crippen molar-refractivity contribution < 1.29 is 9.53 Å². The molecule has 1 aromatic heterocycles. The number of benzene rings is 2. The Labute approximate surface area is 154 Å². The van der Waals surface area contributed by atoms with Crippen LogP contribution in [0.1, 0.15) is 10.4 Å². The lowest BCUT2D eigenvalue weighted by Crippen LogP contribution is -2.44. The number of rotatable bonds is 1. The van der Waals surface area contributed by atoms with Crippen LogP contribution in [-0.2, 0) is 4.74 Å². The molecule has 1 saturated heterocycles. The molecule has 0 N–H and O–H groups in total. The molecule has 132 valence electrons. The minimum absolute atomic E-state index is 0.359. The van der Waals surface area contributed by atoms with E-state index in [1.807, 2.05) is 29.2 Å². The molecule has 3 aromatic rings. The summed E-state index contributed by atoms with van der Waals surface area (Å²) in [4.78, 5) is 19.0. The van der Waals surface area contributed by atoms with Crippen LogP contribution in [0.3, 0.4) is 0 Å². The maximum absolute atomic E-state index is 12.7. The summed E-state index contributed by atoms with van der Waals surface area (Å²) in [6.07, 6.45) is 0. The molecule has 0 bridgehead atoms. The van der Waals surface area contributed by atoms with Gasteiger partial charge in [0.1, 0.15) is 5.52 Å². The number of fused-ring (bicyclic) bond motifs is 1. The summed E-state index contributed by atoms with van der Waals surface area (Å²) < 4.78 is 7.02. The fourth-order valence-corrected chi connectivity index (χ4v) is 2.91. The molecule has 1 aliphatic heterocycles. The standard InChI is InChI=1S/C18H16ClN5O2/c19-14-7-5-13(6-8-14)17(25)20-18(23-9-11-26-12-10-23)24-16-4-2-1-3-15(16)21-22-24/h1-8H,9-12H2. The van der Waals surface area contributed by atoms with Gasteiger partial charge in [-0.2, -0.15) is 9.67 Å². The van der Waals surface area contributed by atoms with Crippen LogP contribution in [-0.4, -0.2) is 58.1 Å². The predicted octanol–water partition coefficient (Wildman–Crippen LogP) is 2.46. The maximum atomic E-state index is 12.7. The molecule has 2 heterocycles. The number of aromatic nitrogens is 3. The van der Waals surface area contributed by atoms with Gasteiger partial charge in [-0.15, -0.1) is 5.10 Å². The normalized spacial score (nSPS) is 15.4. The zero-order valence-corrected chi connectivity index (χ0v) is 14.6. The first-order valence-electron chi connectivity index (χ1n) is 8.24. The number of para-hydroxylation sites is 1. The van der Waals surface area contributed by atoms with Crippen LogP contribution in [0.5, 0.6) is 0 Å². The molecule has 26 heavy (non-hydrogen) atoms. The molecule has 0 saturated carbocycles. The van der Waals surface area contributed by atoms with Crippen molar-refractivity contribution in [2.75, 3.05) is 26.3 Å². The van der Waals surface area contributed by atoms with Gasteiger partial charge in [0.15, 0.2) is 0 Å². The Morgan fingerprint density at radius 2 is 1.81 bits per heavy atom. The predicted molar refractivity (Wildman–Crippen MR) is 98.5 cm³/mol. The third-order valence-electron chi connectivity index (χ3n) is 4.13. The minimum Gasteiger partial charge on any atom is -0.378 e. The molecule has 0 radical (unpaired) electrons. The lowest BCUT2D eigenvalue weighted by Gasteiger charge is -2.29. The summed E-state index contributed by atoms with van der Waals surface area (Å²) in [6.45, 7) is 2.39. The van der Waals surface area contributed by atoms with Gasteiger partial charge < -0.3 is 9.64 Å². The van der Waals surface area contributed by atoms with Crippen molar-refractivity contribution in [1.29, 1.82) is 0 Å². The lowest BCUT2D eigenvalue weighted by molar-refractivity contribution is 0.0660. The van der Waals surface area contributed by atoms with E-state index in [2.05, 4.69) is 15.3 Å². The SMILES string of the molecule is O=C(N=C(N1CCOCC1)n1nnc2ccccc21)c1ccc(Cl)cc1. The third-order valence-corrected chi connectivity index (χ3v) is 4.38. The van der Waals surface area contributed by atoms with Crippen molar-refractivity contribution in [1.82, 2.24) is 19.9 Å². The Balaban J connectivity index is 1.77. The van der Waals surface area contributed by atoms with E-state index in [0.29, 0.717) is 42.8 Å². The average Bonchev–Trinajstić information content (AvgIpc) is 3.11. The fraction of sp³-hybridized carbons (Fsp3) is 0.222. The summed E-state index contributed by atoms with van der Waals surface area (Å²) >= 11 is 5.90. The van der Waals surface area contributed by atoms with Crippen LogP contribution in [0.2, 0.25) is 5.02 Å². The minimum atomic E-state index is -0.359. The number of carbonyl (C=O) groups excluding carboxylic acids is 1. The first-order valence-corrected chi connectivity index (χ1v) is 8.62. The van der Waals surface area contributed by atoms with Gasteiger partial charge in [-0.25, -0.2) is 0 Å². The lowest BCUT2D eigenvalue weighted by atomic mass is 10.2. The smallest absolute Gasteiger partial charge is 0.280 e. The highest BCUT2D eigenvalue weighted by Crippen LogP contribution is 2.14. The molecule has 0 spiro atoms. The highest BCUT2D eigenvalue weighted by atomic mass is 35.5. The molecular weight excluding hydrogens is 354 g/mol. The van der Waals surface area contributed by atoms with E-state index >= 15 is 0 Å². The zero-order valence-electron chi connectivity index (χ0n) is 13.9. The zero-order chi connectivity index (χ0) is 17.9. The molecule has 7 nitrogen and oxygen atoms in total. The number of halogens is 1. The average molecular weight is 370 g/mol. The van der Waals surface area contributed by atoms with Gasteiger partial charge in [-0.1, -0.05) is 28.9 Å². The summed E-state index contributed by atoms with van der Waals surface area (Å²) in [6, 6.07) is 14.2. The molecule has 0 atom stereocenters. The van der Waals surface area contributed by atoms with Crippen LogP contribution in [0.4, 0.5) is 0 Å². The van der Waals surface area contributed by atoms with E-state index in [-0.39, 0.29) is 5.91 Å². The van der Waals surface area contributed by atoms with Crippen molar-refractivity contribution in [3.63, 3.8) is 0 Å². The molecule has 1 aliphatic rings. The Bertz CT molecular complexity index is 961.